The Morgan fingerprint density at radius 1 is 0.696 bits per heavy atom. The van der Waals surface area contributed by atoms with Gasteiger partial charge in [-0.2, -0.15) is 0 Å². The van der Waals surface area contributed by atoms with Crippen molar-refractivity contribution < 1.29 is 55.9 Å². The minimum Gasteiger partial charge on any atom is -0.412 e. The molecule has 23 heavy (non-hydrogen) atoms. The molecule has 0 unspecified atom stereocenters. The van der Waals surface area contributed by atoms with E-state index in [0.29, 0.717) is 0 Å². The average molecular weight is 394 g/mol. The summed E-state index contributed by atoms with van der Waals surface area (Å²) in [7, 11) is -3.66. The number of aliphatic hydroxyl groups is 1. The van der Waals surface area contributed by atoms with Gasteiger partial charge in [-0.3, -0.25) is 0 Å². The average Bonchev–Trinajstić information content (AvgIpc) is 1.89. The monoisotopic (exact) mass is 394 g/mol. The molecule has 9 heteroatoms. The summed E-state index contributed by atoms with van der Waals surface area (Å²) in [5.41, 5.74) is -1.55. The topological polar surface area (TPSA) is 131 Å². The Balaban J connectivity index is -0.000000166. The molecule has 0 radical (unpaired) electrons. The van der Waals surface area contributed by atoms with E-state index in [1.54, 1.807) is 6.92 Å². The molecule has 0 aromatic heterocycles. The quantitative estimate of drug-likeness (QED) is 0.695. The normalized spacial score (nSPS) is 12.0. The maximum absolute atomic E-state index is 10.5. The molecule has 0 bridgehead atoms. The number of hydrogen-bond acceptors (Lipinski definition) is 5. The first-order valence-electron chi connectivity index (χ1n) is 6.97. The zero-order chi connectivity index (χ0) is 16.8. The van der Waals surface area contributed by atoms with Crippen molar-refractivity contribution in [3.05, 3.63) is 0 Å². The maximum Gasteiger partial charge on any atom is 0.678 e. The summed E-state index contributed by atoms with van der Waals surface area (Å²) in [4.78, 5) is 10.5. The van der Waals surface area contributed by atoms with Gasteiger partial charge in [-0.1, -0.05) is 0 Å². The van der Waals surface area contributed by atoms with Crippen LogP contribution in [0.5, 0.6) is 0 Å². The van der Waals surface area contributed by atoms with Crippen LogP contribution >= 0.6 is 0 Å². The molecule has 7 nitrogen and oxygen atoms in total. The summed E-state index contributed by atoms with van der Waals surface area (Å²) in [6.45, 7) is 18.7. The molecule has 0 aliphatic rings. The van der Waals surface area contributed by atoms with Gasteiger partial charge in [0.2, 0.25) is 0 Å². The molecule has 0 fully saturated rings. The van der Waals surface area contributed by atoms with Crippen molar-refractivity contribution in [2.24, 2.45) is 0 Å². The van der Waals surface area contributed by atoms with Crippen LogP contribution in [0, 0.1) is 0 Å². The minimum atomic E-state index is -3.66. The Bertz CT molecular complexity index is 229. The molecule has 6 N–H and O–H groups in total. The predicted octanol–water partition coefficient (Wildman–Crippen LogP) is 1.21. The third-order valence-electron chi connectivity index (χ3n) is 1.31. The van der Waals surface area contributed by atoms with Crippen LogP contribution in [-0.2, 0) is 35.0 Å². The Labute approximate surface area is 157 Å². The van der Waals surface area contributed by atoms with Gasteiger partial charge in [0, 0.05) is 28.3 Å². The zero-order valence-electron chi connectivity index (χ0n) is 16.3. The molecule has 0 aliphatic heterocycles. The van der Waals surface area contributed by atoms with Crippen LogP contribution in [0.15, 0.2) is 0 Å². The van der Waals surface area contributed by atoms with Crippen molar-refractivity contribution in [3.63, 3.8) is 0 Å². The molecule has 0 heterocycles. The molecule has 0 aromatic rings. The fourth-order valence-electron chi connectivity index (χ4n) is 1.22. The van der Waals surface area contributed by atoms with Crippen molar-refractivity contribution in [3.8, 4) is 0 Å². The third kappa shape index (κ3) is 27.8. The Hall–Kier alpha value is 0.651. The van der Waals surface area contributed by atoms with Crippen LogP contribution < -0.4 is 0 Å². The fourth-order valence-corrected chi connectivity index (χ4v) is 3.67. The van der Waals surface area contributed by atoms with Gasteiger partial charge in [0.1, 0.15) is 0 Å². The summed E-state index contributed by atoms with van der Waals surface area (Å²) in [5.74, 6) is 0. The van der Waals surface area contributed by atoms with Gasteiger partial charge in [0.05, 0.1) is 16.8 Å². The van der Waals surface area contributed by atoms with E-state index in [2.05, 4.69) is 0 Å². The van der Waals surface area contributed by atoms with Gasteiger partial charge in [-0.05, 0) is 69.2 Å². The molecule has 0 saturated carbocycles. The summed E-state index contributed by atoms with van der Waals surface area (Å²) in [6.07, 6.45) is 0. The van der Waals surface area contributed by atoms with Gasteiger partial charge in [0.15, 0.2) is 0 Å². The van der Waals surface area contributed by atoms with E-state index in [4.69, 9.17) is 18.4 Å². The molecule has 0 rings (SSSR count). The minimum absolute atomic E-state index is 0. The second kappa shape index (κ2) is 12.9. The summed E-state index contributed by atoms with van der Waals surface area (Å²) in [5, 5.41) is 7.57. The molecule has 0 spiro atoms. The van der Waals surface area contributed by atoms with Crippen LogP contribution in [0.4, 0.5) is 0 Å². The largest absolute Gasteiger partial charge is 0.678 e. The first-order valence-corrected chi connectivity index (χ1v) is 8.64. The van der Waals surface area contributed by atoms with E-state index < -0.39 is 25.9 Å². The Kier molecular flexibility index (Phi) is 19.6. The fraction of sp³-hybridized carbons (Fsp3) is 1.00. The van der Waals surface area contributed by atoms with Crippen molar-refractivity contribution in [1.29, 1.82) is 0 Å². The van der Waals surface area contributed by atoms with Gasteiger partial charge in [-0.25, -0.2) is 0 Å². The smallest absolute Gasteiger partial charge is 0.412 e. The number of rotatable bonds is 3. The number of aliphatic hydroxyl groups excluding tert-OH is 1. The standard InChI is InChI=1S/C12H28O4Si.C2H6O.2H2O.Ti/c1-10(2,3)14-17(13,15-11(4,5)6)16-12(7,8)9;1-2-3;;;/h13H,1-9H3;3H,2H2,1H3;2*1H2;. The molecule has 144 valence electrons. The molecule has 0 amide bonds. The second-order valence-corrected chi connectivity index (χ2v) is 9.14. The van der Waals surface area contributed by atoms with Crippen molar-refractivity contribution in [2.75, 3.05) is 6.61 Å². The van der Waals surface area contributed by atoms with Gasteiger partial charge in [0.25, 0.3) is 0 Å². The zero-order valence-corrected chi connectivity index (χ0v) is 18.9. The molecule has 0 saturated heterocycles. The van der Waals surface area contributed by atoms with E-state index in [-0.39, 0.29) is 39.3 Å². The van der Waals surface area contributed by atoms with Crippen LogP contribution in [0.3, 0.4) is 0 Å². The molecule has 0 aromatic carbocycles. The second-order valence-electron chi connectivity index (χ2n) is 7.48. The number of hydrogen-bond donors (Lipinski definition) is 2. The van der Waals surface area contributed by atoms with E-state index in [0.717, 1.165) is 0 Å². The molecular formula is C14H38O7SiTi. The van der Waals surface area contributed by atoms with Crippen LogP contribution in [0.2, 0.25) is 0 Å². The van der Waals surface area contributed by atoms with E-state index in [1.807, 2.05) is 62.3 Å². The van der Waals surface area contributed by atoms with E-state index in [9.17, 15) is 4.80 Å². The summed E-state index contributed by atoms with van der Waals surface area (Å²) < 4.78 is 16.9. The van der Waals surface area contributed by atoms with Crippen molar-refractivity contribution in [2.45, 2.75) is 86.0 Å². The first kappa shape index (κ1) is 34.9. The predicted molar refractivity (Wildman–Crippen MR) is 90.5 cm³/mol. The molecule has 0 atom stereocenters. The van der Waals surface area contributed by atoms with Crippen molar-refractivity contribution >= 4 is 9.05 Å². The summed E-state index contributed by atoms with van der Waals surface area (Å²) in [6, 6.07) is 0. The molecular weight excluding hydrogens is 356 g/mol. The van der Waals surface area contributed by atoms with Gasteiger partial charge in [-0.15, -0.1) is 0 Å². The van der Waals surface area contributed by atoms with Crippen LogP contribution in [0.25, 0.3) is 0 Å². The van der Waals surface area contributed by atoms with E-state index in [1.165, 1.54) is 0 Å². The maximum atomic E-state index is 10.5. The van der Waals surface area contributed by atoms with Gasteiger partial charge < -0.3 is 34.1 Å². The van der Waals surface area contributed by atoms with Crippen LogP contribution in [-0.4, -0.2) is 53.3 Å². The van der Waals surface area contributed by atoms with Gasteiger partial charge >= 0.3 is 9.05 Å². The third-order valence-corrected chi connectivity index (χ3v) is 3.92. The SMILES string of the molecule is CC(C)(C)O[Si](O)(OC(C)(C)C)OC(C)(C)C.CCO.O.O.[Ti]. The van der Waals surface area contributed by atoms with Crippen molar-refractivity contribution in [1.82, 2.24) is 0 Å². The Morgan fingerprint density at radius 3 is 0.913 bits per heavy atom. The summed E-state index contributed by atoms with van der Waals surface area (Å²) >= 11 is 0. The Morgan fingerprint density at radius 2 is 0.826 bits per heavy atom. The molecule has 0 aliphatic carbocycles. The van der Waals surface area contributed by atoms with Crippen LogP contribution in [0.1, 0.15) is 69.2 Å². The first-order chi connectivity index (χ1) is 8.54. The van der Waals surface area contributed by atoms with E-state index >= 15 is 0 Å².